The van der Waals surface area contributed by atoms with Gasteiger partial charge in [-0.1, -0.05) is 24.3 Å². The van der Waals surface area contributed by atoms with Gasteiger partial charge in [0.25, 0.3) is 0 Å². The smallest absolute Gasteiger partial charge is 0.0410 e. The van der Waals surface area contributed by atoms with Crippen LogP contribution in [0.1, 0.15) is 12.1 Å². The minimum Gasteiger partial charge on any atom is -0.304 e. The second-order valence-corrected chi connectivity index (χ2v) is 5.77. The Morgan fingerprint density at radius 2 is 1.80 bits per heavy atom. The molecule has 0 N–H and O–H groups in total. The first-order valence-electron chi connectivity index (χ1n) is 7.56. The zero-order chi connectivity index (χ0) is 13.8. The van der Waals surface area contributed by atoms with Crippen LogP contribution >= 0.6 is 0 Å². The summed E-state index contributed by atoms with van der Waals surface area (Å²) in [5.41, 5.74) is 1.22. The van der Waals surface area contributed by atoms with E-state index in [4.69, 9.17) is 0 Å². The molecule has 106 valence electrons. The summed E-state index contributed by atoms with van der Waals surface area (Å²) in [6.45, 7) is 6.02. The molecule has 3 nitrogen and oxygen atoms in total. The highest BCUT2D eigenvalue weighted by atomic mass is 15.2. The Kier molecular flexibility index (Phi) is 4.28. The zero-order valence-electron chi connectivity index (χ0n) is 12.3. The number of nitrogens with zero attached hydrogens (tertiary/aromatic N) is 3. The van der Waals surface area contributed by atoms with Gasteiger partial charge < -0.3 is 9.80 Å². The van der Waals surface area contributed by atoms with Gasteiger partial charge in [-0.3, -0.25) is 4.98 Å². The third-order valence-corrected chi connectivity index (χ3v) is 4.19. The van der Waals surface area contributed by atoms with Crippen molar-refractivity contribution in [1.82, 2.24) is 14.8 Å². The molecule has 1 aromatic carbocycles. The van der Waals surface area contributed by atoms with Gasteiger partial charge in [0.1, 0.15) is 0 Å². The summed E-state index contributed by atoms with van der Waals surface area (Å²) in [6.07, 6.45) is 4.28. The Bertz CT molecular complexity index is 559. The van der Waals surface area contributed by atoms with Crippen molar-refractivity contribution in [3.05, 3.63) is 42.2 Å². The number of aromatic nitrogens is 1. The molecule has 20 heavy (non-hydrogen) atoms. The number of likely N-dealkylation sites (N-methyl/N-ethyl adjacent to an activating group) is 1. The minimum absolute atomic E-state index is 1.08. The van der Waals surface area contributed by atoms with Crippen molar-refractivity contribution in [3.8, 4) is 0 Å². The van der Waals surface area contributed by atoms with Gasteiger partial charge in [0.05, 0.1) is 0 Å². The molecule has 1 fully saturated rings. The Morgan fingerprint density at radius 3 is 2.60 bits per heavy atom. The van der Waals surface area contributed by atoms with Crippen LogP contribution in [0.15, 0.2) is 36.5 Å². The molecule has 0 unspecified atom stereocenters. The summed E-state index contributed by atoms with van der Waals surface area (Å²) in [5.74, 6) is 0. The lowest BCUT2D eigenvalue weighted by Gasteiger charge is -2.32. The molecule has 1 aromatic heterocycles. The van der Waals surface area contributed by atoms with Crippen LogP contribution in [0.2, 0.25) is 0 Å². The van der Waals surface area contributed by atoms with Crippen molar-refractivity contribution < 1.29 is 0 Å². The highest BCUT2D eigenvalue weighted by molar-refractivity contribution is 5.81. The topological polar surface area (TPSA) is 19.4 Å². The molecule has 0 radical (unpaired) electrons. The normalized spacial score (nSPS) is 17.6. The van der Waals surface area contributed by atoms with E-state index in [1.807, 2.05) is 6.20 Å². The van der Waals surface area contributed by atoms with E-state index in [-0.39, 0.29) is 0 Å². The van der Waals surface area contributed by atoms with Crippen LogP contribution in [0.3, 0.4) is 0 Å². The second kappa shape index (κ2) is 6.33. The van der Waals surface area contributed by atoms with Crippen LogP contribution in [0.25, 0.3) is 10.8 Å². The molecule has 0 spiro atoms. The summed E-state index contributed by atoms with van der Waals surface area (Å²) < 4.78 is 0. The zero-order valence-corrected chi connectivity index (χ0v) is 12.3. The van der Waals surface area contributed by atoms with Crippen molar-refractivity contribution >= 4 is 10.8 Å². The Morgan fingerprint density at radius 1 is 1.05 bits per heavy atom. The first kappa shape index (κ1) is 13.5. The van der Waals surface area contributed by atoms with Crippen molar-refractivity contribution in [2.45, 2.75) is 12.8 Å². The van der Waals surface area contributed by atoms with Crippen LogP contribution in [0.5, 0.6) is 0 Å². The van der Waals surface area contributed by atoms with Crippen LogP contribution in [-0.2, 0) is 6.42 Å². The summed E-state index contributed by atoms with van der Waals surface area (Å²) in [7, 11) is 2.20. The van der Waals surface area contributed by atoms with Gasteiger partial charge in [-0.15, -0.1) is 0 Å². The lowest BCUT2D eigenvalue weighted by Crippen LogP contribution is -2.44. The molecular formula is C17H23N3. The quantitative estimate of drug-likeness (QED) is 0.850. The van der Waals surface area contributed by atoms with Crippen LogP contribution in [0.4, 0.5) is 0 Å². The fourth-order valence-corrected chi connectivity index (χ4v) is 2.82. The monoisotopic (exact) mass is 269 g/mol. The minimum atomic E-state index is 1.08. The number of benzene rings is 1. The lowest BCUT2D eigenvalue weighted by molar-refractivity contribution is 0.153. The van der Waals surface area contributed by atoms with Crippen LogP contribution < -0.4 is 0 Å². The Labute approximate surface area is 121 Å². The van der Waals surface area contributed by atoms with E-state index >= 15 is 0 Å². The van der Waals surface area contributed by atoms with Gasteiger partial charge in [-0.2, -0.15) is 0 Å². The van der Waals surface area contributed by atoms with Crippen molar-refractivity contribution in [3.63, 3.8) is 0 Å². The largest absolute Gasteiger partial charge is 0.304 e. The molecule has 2 heterocycles. The molecule has 0 atom stereocenters. The molecule has 0 aliphatic carbocycles. The number of piperazine rings is 1. The fraction of sp³-hybridized carbons (Fsp3) is 0.471. The third kappa shape index (κ3) is 3.35. The first-order valence-corrected chi connectivity index (χ1v) is 7.56. The number of hydrogen-bond donors (Lipinski definition) is 0. The third-order valence-electron chi connectivity index (χ3n) is 4.19. The summed E-state index contributed by atoms with van der Waals surface area (Å²) in [5, 5.41) is 2.53. The van der Waals surface area contributed by atoms with Gasteiger partial charge in [-0.05, 0) is 37.9 Å². The SMILES string of the molecule is CN1CCN(CCCc2cc3ccccc3cn2)CC1. The molecule has 0 bridgehead atoms. The predicted octanol–water partition coefficient (Wildman–Crippen LogP) is 2.41. The maximum absolute atomic E-state index is 4.57. The van der Waals surface area contributed by atoms with Crippen molar-refractivity contribution in [2.75, 3.05) is 39.8 Å². The van der Waals surface area contributed by atoms with Crippen molar-refractivity contribution in [2.24, 2.45) is 0 Å². The second-order valence-electron chi connectivity index (χ2n) is 5.77. The summed E-state index contributed by atoms with van der Waals surface area (Å²) in [6, 6.07) is 10.7. The summed E-state index contributed by atoms with van der Waals surface area (Å²) >= 11 is 0. The standard InChI is InChI=1S/C17H23N3/c1-19-9-11-20(12-10-19)8-4-7-17-13-15-5-2-3-6-16(15)14-18-17/h2-3,5-6,13-14H,4,7-12H2,1H3. The number of rotatable bonds is 4. The maximum Gasteiger partial charge on any atom is 0.0410 e. The highest BCUT2D eigenvalue weighted by Gasteiger charge is 2.12. The number of pyridine rings is 1. The molecule has 1 aliphatic rings. The average molecular weight is 269 g/mol. The van der Waals surface area contributed by atoms with E-state index in [9.17, 15) is 0 Å². The Hall–Kier alpha value is -1.45. The first-order chi connectivity index (χ1) is 9.81. The van der Waals surface area contributed by atoms with E-state index < -0.39 is 0 Å². The average Bonchev–Trinajstić information content (AvgIpc) is 2.49. The molecule has 3 rings (SSSR count). The van der Waals surface area contributed by atoms with E-state index in [1.54, 1.807) is 0 Å². The predicted molar refractivity (Wildman–Crippen MR) is 84.0 cm³/mol. The van der Waals surface area contributed by atoms with Gasteiger partial charge in [0.15, 0.2) is 0 Å². The number of fused-ring (bicyclic) bond motifs is 1. The molecular weight excluding hydrogens is 246 g/mol. The van der Waals surface area contributed by atoms with Crippen LogP contribution in [0, 0.1) is 0 Å². The fourth-order valence-electron chi connectivity index (χ4n) is 2.82. The van der Waals surface area contributed by atoms with Crippen molar-refractivity contribution in [1.29, 1.82) is 0 Å². The van der Waals surface area contributed by atoms with E-state index in [0.717, 1.165) is 6.42 Å². The van der Waals surface area contributed by atoms with E-state index in [2.05, 4.69) is 52.2 Å². The van der Waals surface area contributed by atoms with E-state index in [1.165, 1.54) is 55.6 Å². The van der Waals surface area contributed by atoms with Gasteiger partial charge in [0.2, 0.25) is 0 Å². The molecule has 0 amide bonds. The summed E-state index contributed by atoms with van der Waals surface area (Å²) in [4.78, 5) is 9.55. The Balaban J connectivity index is 1.52. The molecule has 3 heteroatoms. The number of aryl methyl sites for hydroxylation is 1. The number of hydrogen-bond acceptors (Lipinski definition) is 3. The molecule has 1 saturated heterocycles. The lowest BCUT2D eigenvalue weighted by atomic mass is 10.1. The molecule has 2 aromatic rings. The molecule has 1 aliphatic heterocycles. The highest BCUT2D eigenvalue weighted by Crippen LogP contribution is 2.14. The van der Waals surface area contributed by atoms with E-state index in [0.29, 0.717) is 0 Å². The van der Waals surface area contributed by atoms with Gasteiger partial charge >= 0.3 is 0 Å². The van der Waals surface area contributed by atoms with Gasteiger partial charge in [0, 0.05) is 43.5 Å². The molecule has 0 saturated carbocycles. The van der Waals surface area contributed by atoms with Crippen LogP contribution in [-0.4, -0.2) is 54.6 Å². The maximum atomic E-state index is 4.57. The van der Waals surface area contributed by atoms with Gasteiger partial charge in [-0.25, -0.2) is 0 Å².